The van der Waals surface area contributed by atoms with Gasteiger partial charge in [0.05, 0.1) is 10.6 Å². The lowest BCUT2D eigenvalue weighted by molar-refractivity contribution is -0.385. The molecule has 8 heteroatoms. The number of fused-ring (bicyclic) bond motifs is 1. The van der Waals surface area contributed by atoms with Crippen LogP contribution in [-0.4, -0.2) is 13.3 Å². The van der Waals surface area contributed by atoms with E-state index in [0.29, 0.717) is 5.39 Å². The standard InChI is InChI=1S/C17H13FN2O4S/c1-11-9-14(18)17(10-16(11)20(21)22)25(23,24)19-15-8-4-6-12-5-2-3-7-13(12)15/h2-10,19H,1H3. The van der Waals surface area contributed by atoms with E-state index in [1.54, 1.807) is 24.3 Å². The van der Waals surface area contributed by atoms with Crippen LogP contribution >= 0.6 is 0 Å². The van der Waals surface area contributed by atoms with E-state index >= 15 is 0 Å². The normalized spacial score (nSPS) is 11.4. The van der Waals surface area contributed by atoms with Crippen LogP contribution in [0.5, 0.6) is 0 Å². The molecule has 6 nitrogen and oxygen atoms in total. The molecule has 25 heavy (non-hydrogen) atoms. The summed E-state index contributed by atoms with van der Waals surface area (Å²) in [5.41, 5.74) is -0.146. The average molecular weight is 360 g/mol. The zero-order valence-electron chi connectivity index (χ0n) is 13.1. The number of anilines is 1. The molecule has 0 atom stereocenters. The van der Waals surface area contributed by atoms with Crippen LogP contribution in [-0.2, 0) is 10.0 Å². The summed E-state index contributed by atoms with van der Waals surface area (Å²) in [7, 11) is -4.34. The Kier molecular flexibility index (Phi) is 4.13. The fourth-order valence-electron chi connectivity index (χ4n) is 2.56. The second-order valence-corrected chi connectivity index (χ2v) is 7.11. The van der Waals surface area contributed by atoms with Crippen molar-refractivity contribution in [1.29, 1.82) is 0 Å². The van der Waals surface area contributed by atoms with Crippen LogP contribution in [0.2, 0.25) is 0 Å². The third-order valence-corrected chi connectivity index (χ3v) is 5.15. The van der Waals surface area contributed by atoms with Crippen LogP contribution in [0.15, 0.2) is 59.5 Å². The van der Waals surface area contributed by atoms with E-state index in [2.05, 4.69) is 4.72 Å². The highest BCUT2D eigenvalue weighted by Gasteiger charge is 2.25. The molecule has 1 N–H and O–H groups in total. The lowest BCUT2D eigenvalue weighted by Gasteiger charge is -2.12. The minimum Gasteiger partial charge on any atom is -0.279 e. The van der Waals surface area contributed by atoms with Crippen molar-refractivity contribution >= 4 is 32.2 Å². The zero-order valence-corrected chi connectivity index (χ0v) is 13.9. The molecule has 0 saturated heterocycles. The molecule has 3 aromatic carbocycles. The van der Waals surface area contributed by atoms with Gasteiger partial charge in [0.15, 0.2) is 0 Å². The van der Waals surface area contributed by atoms with Crippen LogP contribution in [0.25, 0.3) is 10.8 Å². The molecule has 0 spiro atoms. The van der Waals surface area contributed by atoms with Gasteiger partial charge in [-0.1, -0.05) is 36.4 Å². The van der Waals surface area contributed by atoms with E-state index < -0.39 is 31.3 Å². The summed E-state index contributed by atoms with van der Waals surface area (Å²) in [6.07, 6.45) is 0. The van der Waals surface area contributed by atoms with Crippen molar-refractivity contribution in [3.63, 3.8) is 0 Å². The van der Waals surface area contributed by atoms with Gasteiger partial charge in [0, 0.05) is 17.0 Å². The van der Waals surface area contributed by atoms with Gasteiger partial charge in [-0.3, -0.25) is 14.8 Å². The topological polar surface area (TPSA) is 89.3 Å². The van der Waals surface area contributed by atoms with Crippen molar-refractivity contribution in [2.75, 3.05) is 4.72 Å². The van der Waals surface area contributed by atoms with Gasteiger partial charge in [-0.25, -0.2) is 12.8 Å². The first kappa shape index (κ1) is 16.8. The number of nitro groups is 1. The molecule has 0 aromatic heterocycles. The predicted octanol–water partition coefficient (Wildman–Crippen LogP) is 4.00. The lowest BCUT2D eigenvalue weighted by Crippen LogP contribution is -2.15. The Labute approximate surface area is 143 Å². The third-order valence-electron chi connectivity index (χ3n) is 3.77. The van der Waals surface area contributed by atoms with Crippen molar-refractivity contribution in [1.82, 2.24) is 0 Å². The summed E-state index contributed by atoms with van der Waals surface area (Å²) < 4.78 is 41.6. The highest BCUT2D eigenvalue weighted by Crippen LogP contribution is 2.29. The van der Waals surface area contributed by atoms with Gasteiger partial charge in [-0.2, -0.15) is 0 Å². The number of nitrogens with zero attached hydrogens (tertiary/aromatic N) is 1. The molecule has 0 saturated carbocycles. The molecular weight excluding hydrogens is 347 g/mol. The molecule has 0 aliphatic rings. The molecule has 0 bridgehead atoms. The van der Waals surface area contributed by atoms with Crippen molar-refractivity contribution in [3.05, 3.63) is 76.1 Å². The number of sulfonamides is 1. The van der Waals surface area contributed by atoms with Crippen LogP contribution in [0.1, 0.15) is 5.56 Å². The number of benzene rings is 3. The van der Waals surface area contributed by atoms with Crippen molar-refractivity contribution in [2.45, 2.75) is 11.8 Å². The first-order valence-corrected chi connectivity index (χ1v) is 8.73. The van der Waals surface area contributed by atoms with Crippen LogP contribution in [0.4, 0.5) is 15.8 Å². The molecule has 128 valence electrons. The molecule has 0 amide bonds. The van der Waals surface area contributed by atoms with Gasteiger partial charge in [0.25, 0.3) is 15.7 Å². The first-order valence-electron chi connectivity index (χ1n) is 7.25. The fourth-order valence-corrected chi connectivity index (χ4v) is 3.72. The molecular formula is C17H13FN2O4S. The Bertz CT molecular complexity index is 1090. The number of nitro benzene ring substituents is 1. The van der Waals surface area contributed by atoms with E-state index in [4.69, 9.17) is 0 Å². The van der Waals surface area contributed by atoms with E-state index in [1.807, 2.05) is 18.2 Å². The number of aryl methyl sites for hydroxylation is 1. The molecule has 0 radical (unpaired) electrons. The largest absolute Gasteiger partial charge is 0.279 e. The van der Waals surface area contributed by atoms with Gasteiger partial charge < -0.3 is 0 Å². The van der Waals surface area contributed by atoms with Crippen LogP contribution in [0.3, 0.4) is 0 Å². The van der Waals surface area contributed by atoms with Crippen molar-refractivity contribution in [3.8, 4) is 0 Å². The zero-order chi connectivity index (χ0) is 18.2. The highest BCUT2D eigenvalue weighted by molar-refractivity contribution is 7.92. The summed E-state index contributed by atoms with van der Waals surface area (Å²) >= 11 is 0. The van der Waals surface area contributed by atoms with Gasteiger partial charge in [-0.05, 0) is 24.4 Å². The maximum Gasteiger partial charge on any atom is 0.273 e. The molecule has 0 unspecified atom stereocenters. The Hall–Kier alpha value is -3.00. The number of rotatable bonds is 4. The quantitative estimate of drug-likeness (QED) is 0.562. The SMILES string of the molecule is Cc1cc(F)c(S(=O)(=O)Nc2cccc3ccccc23)cc1[N+](=O)[O-]. The molecule has 0 fully saturated rings. The second-order valence-electron chi connectivity index (χ2n) is 5.46. The number of halogens is 1. The summed E-state index contributed by atoms with van der Waals surface area (Å²) in [5, 5.41) is 12.5. The van der Waals surface area contributed by atoms with Gasteiger partial charge in [0.1, 0.15) is 10.7 Å². The Morgan fingerprint density at radius 1 is 1.08 bits per heavy atom. The first-order chi connectivity index (χ1) is 11.8. The monoisotopic (exact) mass is 360 g/mol. The van der Waals surface area contributed by atoms with E-state index in [-0.39, 0.29) is 11.3 Å². The summed E-state index contributed by atoms with van der Waals surface area (Å²) in [6.45, 7) is 1.34. The van der Waals surface area contributed by atoms with Gasteiger partial charge in [-0.15, -0.1) is 0 Å². The molecule has 3 aromatic rings. The number of hydrogen-bond acceptors (Lipinski definition) is 4. The molecule has 3 rings (SSSR count). The van der Waals surface area contributed by atoms with Gasteiger partial charge in [0.2, 0.25) is 0 Å². The van der Waals surface area contributed by atoms with Crippen LogP contribution < -0.4 is 4.72 Å². The second kappa shape index (κ2) is 6.14. The molecule has 0 heterocycles. The van der Waals surface area contributed by atoms with E-state index in [1.165, 1.54) is 6.92 Å². The Morgan fingerprint density at radius 2 is 1.76 bits per heavy atom. The van der Waals surface area contributed by atoms with Crippen molar-refractivity contribution < 1.29 is 17.7 Å². The van der Waals surface area contributed by atoms with E-state index in [0.717, 1.165) is 17.5 Å². The maximum atomic E-state index is 14.2. The highest BCUT2D eigenvalue weighted by atomic mass is 32.2. The minimum absolute atomic E-state index is 0.0478. The third kappa shape index (κ3) is 3.16. The molecule has 0 aliphatic carbocycles. The summed E-state index contributed by atoms with van der Waals surface area (Å²) in [4.78, 5) is 9.50. The van der Waals surface area contributed by atoms with Crippen molar-refractivity contribution in [2.24, 2.45) is 0 Å². The average Bonchev–Trinajstić information content (AvgIpc) is 2.54. The Morgan fingerprint density at radius 3 is 2.48 bits per heavy atom. The smallest absolute Gasteiger partial charge is 0.273 e. The lowest BCUT2D eigenvalue weighted by atomic mass is 10.1. The summed E-state index contributed by atoms with van der Waals surface area (Å²) in [6, 6.07) is 13.7. The van der Waals surface area contributed by atoms with Gasteiger partial charge >= 0.3 is 0 Å². The predicted molar refractivity (Wildman–Crippen MR) is 92.5 cm³/mol. The van der Waals surface area contributed by atoms with Crippen LogP contribution in [0, 0.1) is 22.9 Å². The number of hydrogen-bond donors (Lipinski definition) is 1. The maximum absolute atomic E-state index is 14.2. The van der Waals surface area contributed by atoms with E-state index in [9.17, 15) is 22.9 Å². The minimum atomic E-state index is -4.34. The Balaban J connectivity index is 2.11. The summed E-state index contributed by atoms with van der Waals surface area (Å²) in [5.74, 6) is -1.05. The fraction of sp³-hybridized carbons (Fsp3) is 0.0588. The molecule has 0 aliphatic heterocycles. The number of nitrogens with one attached hydrogen (secondary N) is 1.